The maximum absolute atomic E-state index is 12.1. The molecule has 0 saturated heterocycles. The van der Waals surface area contributed by atoms with Crippen molar-refractivity contribution >= 4 is 23.7 Å². The van der Waals surface area contributed by atoms with Gasteiger partial charge in [0, 0.05) is 11.9 Å². The van der Waals surface area contributed by atoms with Crippen molar-refractivity contribution in [3.63, 3.8) is 0 Å². The SMILES string of the molecule is Cc1ccc(NC(=O)COc2cccc(/C=N\NC(=O)c3ccccn3)c2)cc1C. The van der Waals surface area contributed by atoms with Crippen LogP contribution in [0.15, 0.2) is 72.0 Å². The van der Waals surface area contributed by atoms with Gasteiger partial charge in [-0.3, -0.25) is 14.6 Å². The molecule has 0 fully saturated rings. The molecule has 3 aromatic rings. The fraction of sp³-hybridized carbons (Fsp3) is 0.130. The molecule has 0 aliphatic rings. The zero-order valence-corrected chi connectivity index (χ0v) is 16.8. The van der Waals surface area contributed by atoms with E-state index in [1.54, 1.807) is 42.5 Å². The van der Waals surface area contributed by atoms with Gasteiger partial charge in [0.1, 0.15) is 11.4 Å². The highest BCUT2D eigenvalue weighted by Gasteiger charge is 2.06. The molecule has 0 aliphatic heterocycles. The van der Waals surface area contributed by atoms with Crippen LogP contribution < -0.4 is 15.5 Å². The Morgan fingerprint density at radius 2 is 1.90 bits per heavy atom. The van der Waals surface area contributed by atoms with E-state index in [4.69, 9.17) is 4.74 Å². The van der Waals surface area contributed by atoms with Crippen LogP contribution in [0.1, 0.15) is 27.2 Å². The number of carbonyl (C=O) groups is 2. The molecule has 2 amide bonds. The van der Waals surface area contributed by atoms with E-state index in [1.165, 1.54) is 18.0 Å². The number of rotatable bonds is 7. The van der Waals surface area contributed by atoms with Crippen molar-refractivity contribution in [2.45, 2.75) is 13.8 Å². The van der Waals surface area contributed by atoms with Gasteiger partial charge in [-0.2, -0.15) is 5.10 Å². The fourth-order valence-electron chi connectivity index (χ4n) is 2.57. The predicted molar refractivity (Wildman–Crippen MR) is 116 cm³/mol. The van der Waals surface area contributed by atoms with Gasteiger partial charge in [0.2, 0.25) is 0 Å². The van der Waals surface area contributed by atoms with Crippen molar-refractivity contribution in [1.29, 1.82) is 0 Å². The molecule has 2 N–H and O–H groups in total. The van der Waals surface area contributed by atoms with Crippen molar-refractivity contribution in [2.24, 2.45) is 5.10 Å². The van der Waals surface area contributed by atoms with E-state index in [2.05, 4.69) is 20.8 Å². The number of carbonyl (C=O) groups excluding carboxylic acids is 2. The lowest BCUT2D eigenvalue weighted by atomic mass is 10.1. The van der Waals surface area contributed by atoms with Crippen LogP contribution in [-0.2, 0) is 4.79 Å². The number of hydrogen-bond acceptors (Lipinski definition) is 5. The van der Waals surface area contributed by atoms with Crippen LogP contribution in [0.5, 0.6) is 5.75 Å². The molecule has 0 saturated carbocycles. The fourth-order valence-corrected chi connectivity index (χ4v) is 2.57. The molecule has 3 rings (SSSR count). The lowest BCUT2D eigenvalue weighted by Crippen LogP contribution is -2.20. The lowest BCUT2D eigenvalue weighted by molar-refractivity contribution is -0.118. The number of anilines is 1. The molecule has 152 valence electrons. The summed E-state index contributed by atoms with van der Waals surface area (Å²) in [6.07, 6.45) is 3.03. The summed E-state index contributed by atoms with van der Waals surface area (Å²) < 4.78 is 5.56. The lowest BCUT2D eigenvalue weighted by Gasteiger charge is -2.09. The first-order chi connectivity index (χ1) is 14.5. The summed E-state index contributed by atoms with van der Waals surface area (Å²) >= 11 is 0. The number of aromatic nitrogens is 1. The van der Waals surface area contributed by atoms with Gasteiger partial charge in [-0.1, -0.05) is 24.3 Å². The minimum absolute atomic E-state index is 0.121. The first-order valence-corrected chi connectivity index (χ1v) is 9.35. The maximum atomic E-state index is 12.1. The van der Waals surface area contributed by atoms with Crippen LogP contribution in [0.25, 0.3) is 0 Å². The Hall–Kier alpha value is -4.00. The standard InChI is InChI=1S/C23H22N4O3/c1-16-9-10-19(12-17(16)2)26-22(28)15-30-20-7-5-6-18(13-20)14-25-27-23(29)21-8-3-4-11-24-21/h3-14H,15H2,1-2H3,(H,26,28)(H,27,29)/b25-14-. The average molecular weight is 402 g/mol. The van der Waals surface area contributed by atoms with Crippen LogP contribution in [0.2, 0.25) is 0 Å². The Morgan fingerprint density at radius 3 is 2.67 bits per heavy atom. The molecule has 0 radical (unpaired) electrons. The second-order valence-electron chi connectivity index (χ2n) is 6.62. The number of nitrogens with zero attached hydrogens (tertiary/aromatic N) is 2. The molecule has 0 unspecified atom stereocenters. The highest BCUT2D eigenvalue weighted by molar-refractivity contribution is 5.93. The van der Waals surface area contributed by atoms with Crippen molar-refractivity contribution in [2.75, 3.05) is 11.9 Å². The van der Waals surface area contributed by atoms with Crippen LogP contribution >= 0.6 is 0 Å². The zero-order chi connectivity index (χ0) is 21.3. The van der Waals surface area contributed by atoms with Crippen molar-refractivity contribution < 1.29 is 14.3 Å². The van der Waals surface area contributed by atoms with Gasteiger partial charge in [0.15, 0.2) is 6.61 Å². The van der Waals surface area contributed by atoms with Gasteiger partial charge >= 0.3 is 0 Å². The minimum Gasteiger partial charge on any atom is -0.484 e. The molecule has 2 aromatic carbocycles. The second-order valence-corrected chi connectivity index (χ2v) is 6.62. The summed E-state index contributed by atoms with van der Waals surface area (Å²) in [5.74, 6) is -0.132. The van der Waals surface area contributed by atoms with Crippen molar-refractivity contribution in [1.82, 2.24) is 10.4 Å². The summed E-state index contributed by atoms with van der Waals surface area (Å²) in [6, 6.07) is 17.8. The van der Waals surface area contributed by atoms with Crippen molar-refractivity contribution in [3.05, 3.63) is 89.2 Å². The largest absolute Gasteiger partial charge is 0.484 e. The predicted octanol–water partition coefficient (Wildman–Crippen LogP) is 3.48. The smallest absolute Gasteiger partial charge is 0.289 e. The third kappa shape index (κ3) is 6.00. The number of hydrazone groups is 1. The molecule has 7 heteroatoms. The normalized spacial score (nSPS) is 10.6. The Balaban J connectivity index is 1.51. The van der Waals surface area contributed by atoms with Gasteiger partial charge in [-0.05, 0) is 66.9 Å². The van der Waals surface area contributed by atoms with Gasteiger partial charge in [0.25, 0.3) is 11.8 Å². The van der Waals surface area contributed by atoms with Crippen molar-refractivity contribution in [3.8, 4) is 5.75 Å². The highest BCUT2D eigenvalue weighted by atomic mass is 16.5. The van der Waals surface area contributed by atoms with E-state index in [-0.39, 0.29) is 18.2 Å². The first kappa shape index (κ1) is 20.7. The van der Waals surface area contributed by atoms with Gasteiger partial charge < -0.3 is 10.1 Å². The van der Waals surface area contributed by atoms with Crippen LogP contribution in [0.4, 0.5) is 5.69 Å². The number of pyridine rings is 1. The Morgan fingerprint density at radius 1 is 1.03 bits per heavy atom. The molecular formula is C23H22N4O3. The monoisotopic (exact) mass is 402 g/mol. The molecule has 0 atom stereocenters. The first-order valence-electron chi connectivity index (χ1n) is 9.35. The molecule has 1 aromatic heterocycles. The van der Waals surface area contributed by atoms with Crippen LogP contribution in [-0.4, -0.2) is 29.6 Å². The number of benzene rings is 2. The highest BCUT2D eigenvalue weighted by Crippen LogP contribution is 2.15. The topological polar surface area (TPSA) is 92.7 Å². The minimum atomic E-state index is -0.401. The van der Waals surface area contributed by atoms with Crippen LogP contribution in [0, 0.1) is 13.8 Å². The molecule has 30 heavy (non-hydrogen) atoms. The van der Waals surface area contributed by atoms with Gasteiger partial charge in [-0.15, -0.1) is 0 Å². The summed E-state index contributed by atoms with van der Waals surface area (Å²) in [7, 11) is 0. The maximum Gasteiger partial charge on any atom is 0.289 e. The summed E-state index contributed by atoms with van der Waals surface area (Å²) in [6.45, 7) is 3.89. The number of amides is 2. The summed E-state index contributed by atoms with van der Waals surface area (Å²) in [5, 5.41) is 6.74. The Kier molecular flexibility index (Phi) is 6.89. The molecule has 0 spiro atoms. The van der Waals surface area contributed by atoms with E-state index in [0.717, 1.165) is 11.3 Å². The van der Waals surface area contributed by atoms with Gasteiger partial charge in [-0.25, -0.2) is 5.43 Å². The molecule has 1 heterocycles. The second kappa shape index (κ2) is 9.97. The van der Waals surface area contributed by atoms with Gasteiger partial charge in [0.05, 0.1) is 6.21 Å². The summed E-state index contributed by atoms with van der Waals surface area (Å²) in [4.78, 5) is 28.0. The van der Waals surface area contributed by atoms with E-state index in [9.17, 15) is 9.59 Å². The Labute approximate surface area is 174 Å². The average Bonchev–Trinajstić information content (AvgIpc) is 2.76. The number of ether oxygens (including phenoxy) is 1. The molecule has 0 aliphatic carbocycles. The third-order valence-corrected chi connectivity index (χ3v) is 4.30. The quantitative estimate of drug-likeness (QED) is 0.467. The molecule has 0 bridgehead atoms. The van der Waals surface area contributed by atoms with Crippen LogP contribution in [0.3, 0.4) is 0 Å². The molecule has 7 nitrogen and oxygen atoms in total. The number of hydrogen-bond donors (Lipinski definition) is 2. The Bertz CT molecular complexity index is 1070. The number of nitrogens with one attached hydrogen (secondary N) is 2. The zero-order valence-electron chi connectivity index (χ0n) is 16.8. The van der Waals surface area contributed by atoms with E-state index < -0.39 is 5.91 Å². The van der Waals surface area contributed by atoms with E-state index >= 15 is 0 Å². The number of aryl methyl sites for hydroxylation is 2. The van der Waals surface area contributed by atoms with E-state index in [0.29, 0.717) is 11.3 Å². The molecular weight excluding hydrogens is 380 g/mol. The van der Waals surface area contributed by atoms with E-state index in [1.807, 2.05) is 32.0 Å². The third-order valence-electron chi connectivity index (χ3n) is 4.30. The summed E-state index contributed by atoms with van der Waals surface area (Å²) in [5.41, 5.74) is 6.41.